The Morgan fingerprint density at radius 2 is 1.79 bits per heavy atom. The molecule has 1 atom stereocenters. The normalized spacial score (nSPS) is 13.6. The zero-order chi connectivity index (χ0) is 21.2. The van der Waals surface area contributed by atoms with Crippen LogP contribution >= 0.6 is 0 Å². The van der Waals surface area contributed by atoms with E-state index < -0.39 is 23.1 Å². The first-order valence-electron chi connectivity index (χ1n) is 9.31. The number of pyridine rings is 1. The van der Waals surface area contributed by atoms with Crippen LogP contribution in [0.1, 0.15) is 43.1 Å². The van der Waals surface area contributed by atoms with Gasteiger partial charge in [0, 0.05) is 30.5 Å². The van der Waals surface area contributed by atoms with Crippen molar-refractivity contribution in [2.24, 2.45) is 11.1 Å². The molecule has 0 aliphatic carbocycles. The van der Waals surface area contributed by atoms with Gasteiger partial charge in [-0.05, 0) is 24.1 Å². The van der Waals surface area contributed by atoms with Gasteiger partial charge >= 0.3 is 6.18 Å². The van der Waals surface area contributed by atoms with Gasteiger partial charge in [-0.2, -0.15) is 13.2 Å². The fraction of sp³-hybridized carbons (Fsp3) is 0.381. The minimum absolute atomic E-state index is 0.0651. The highest BCUT2D eigenvalue weighted by Gasteiger charge is 2.33. The number of nitrogens with two attached hydrogens (primary N) is 1. The molecule has 5 nitrogen and oxygen atoms in total. The number of nitrogens with zero attached hydrogens (tertiary/aromatic N) is 3. The highest BCUT2D eigenvalue weighted by atomic mass is 19.4. The number of carbonyl (C=O) groups excluding carboxylic acids is 1. The Labute approximate surface area is 166 Å². The Morgan fingerprint density at radius 3 is 2.41 bits per heavy atom. The minimum Gasteiger partial charge on any atom is -0.329 e. The molecular formula is C21H23F3N4O. The highest BCUT2D eigenvalue weighted by Crippen LogP contribution is 2.32. The van der Waals surface area contributed by atoms with Crippen LogP contribution in [-0.2, 0) is 17.4 Å². The largest absolute Gasteiger partial charge is 0.417 e. The third kappa shape index (κ3) is 4.64. The topological polar surface area (TPSA) is 73.3 Å². The van der Waals surface area contributed by atoms with Crippen LogP contribution in [0.2, 0.25) is 0 Å². The monoisotopic (exact) mass is 404 g/mol. The molecule has 0 saturated heterocycles. The maximum absolute atomic E-state index is 13.2. The van der Waals surface area contributed by atoms with E-state index in [9.17, 15) is 18.0 Å². The van der Waals surface area contributed by atoms with Gasteiger partial charge in [0.2, 0.25) is 0 Å². The molecule has 1 aromatic carbocycles. The molecule has 3 aromatic rings. The molecule has 0 aliphatic rings. The molecule has 154 valence electrons. The first kappa shape index (κ1) is 21.0. The number of fused-ring (bicyclic) bond motifs is 1. The first-order chi connectivity index (χ1) is 13.6. The number of carbonyl (C=O) groups is 1. The molecular weight excluding hydrogens is 381 g/mol. The second-order valence-corrected chi connectivity index (χ2v) is 7.80. The molecule has 2 aromatic heterocycles. The maximum Gasteiger partial charge on any atom is 0.417 e. The number of Topliss-reactive ketones (excluding diaryl/α,β-unsaturated/α-hetero) is 1. The van der Waals surface area contributed by atoms with Gasteiger partial charge in [-0.15, -0.1) is 10.2 Å². The summed E-state index contributed by atoms with van der Waals surface area (Å²) in [5, 5.41) is 8.14. The minimum atomic E-state index is -4.48. The van der Waals surface area contributed by atoms with Gasteiger partial charge in [0.05, 0.1) is 5.56 Å². The van der Waals surface area contributed by atoms with Gasteiger partial charge in [0.25, 0.3) is 0 Å². The summed E-state index contributed by atoms with van der Waals surface area (Å²) in [4.78, 5) is 12.8. The molecule has 2 N–H and O–H groups in total. The van der Waals surface area contributed by atoms with Crippen molar-refractivity contribution >= 4 is 11.4 Å². The van der Waals surface area contributed by atoms with Crippen LogP contribution < -0.4 is 5.73 Å². The quantitative estimate of drug-likeness (QED) is 0.646. The molecule has 0 saturated carbocycles. The summed E-state index contributed by atoms with van der Waals surface area (Å²) >= 11 is 0. The number of halogens is 3. The highest BCUT2D eigenvalue weighted by molar-refractivity contribution is 5.85. The van der Waals surface area contributed by atoms with Crippen LogP contribution in [0.5, 0.6) is 0 Å². The van der Waals surface area contributed by atoms with Crippen molar-refractivity contribution in [3.05, 3.63) is 65.6 Å². The Kier molecular flexibility index (Phi) is 5.75. The summed E-state index contributed by atoms with van der Waals surface area (Å²) in [6, 6.07) is 11.7. The number of rotatable bonds is 7. The summed E-state index contributed by atoms with van der Waals surface area (Å²) in [6.07, 6.45) is -2.94. The molecule has 0 radical (unpaired) electrons. The van der Waals surface area contributed by atoms with E-state index in [2.05, 4.69) is 10.2 Å². The molecule has 0 fully saturated rings. The fourth-order valence-corrected chi connectivity index (χ4v) is 3.12. The Morgan fingerprint density at radius 1 is 1.10 bits per heavy atom. The summed E-state index contributed by atoms with van der Waals surface area (Å²) in [7, 11) is 0. The van der Waals surface area contributed by atoms with Crippen LogP contribution in [0, 0.1) is 5.41 Å². The molecule has 0 aliphatic heterocycles. The third-order valence-corrected chi connectivity index (χ3v) is 5.14. The number of hydrogen-bond donors (Lipinski definition) is 1. The van der Waals surface area contributed by atoms with Crippen LogP contribution in [0.3, 0.4) is 0 Å². The lowest BCUT2D eigenvalue weighted by atomic mass is 9.81. The van der Waals surface area contributed by atoms with Gasteiger partial charge < -0.3 is 5.73 Å². The summed E-state index contributed by atoms with van der Waals surface area (Å²) in [5.41, 5.74) is 5.47. The van der Waals surface area contributed by atoms with Gasteiger partial charge in [0.15, 0.2) is 5.65 Å². The van der Waals surface area contributed by atoms with E-state index >= 15 is 0 Å². The van der Waals surface area contributed by atoms with E-state index in [-0.39, 0.29) is 18.7 Å². The van der Waals surface area contributed by atoms with Gasteiger partial charge in [-0.3, -0.25) is 9.20 Å². The first-order valence-corrected chi connectivity index (χ1v) is 9.31. The van der Waals surface area contributed by atoms with Crippen LogP contribution in [0.25, 0.3) is 5.65 Å². The summed E-state index contributed by atoms with van der Waals surface area (Å²) in [5.74, 6) is -0.171. The fourth-order valence-electron chi connectivity index (χ4n) is 3.12. The van der Waals surface area contributed by atoms with Crippen molar-refractivity contribution in [1.29, 1.82) is 0 Å². The van der Waals surface area contributed by atoms with Gasteiger partial charge in [-0.25, -0.2) is 0 Å². The Bertz CT molecular complexity index is 996. The van der Waals surface area contributed by atoms with Crippen molar-refractivity contribution in [3.63, 3.8) is 0 Å². The van der Waals surface area contributed by atoms with E-state index in [1.54, 1.807) is 13.8 Å². The Balaban J connectivity index is 2.04. The number of alkyl halides is 3. The summed E-state index contributed by atoms with van der Waals surface area (Å²) < 4.78 is 40.9. The SMILES string of the molecule is CC(C)(CN)C(=O)C[C@H](Cc1ccccc1)c1nnc2ccc(C(F)(F)F)cn12. The summed E-state index contributed by atoms with van der Waals surface area (Å²) in [6.45, 7) is 3.71. The number of hydrogen-bond acceptors (Lipinski definition) is 4. The molecule has 2 heterocycles. The average molecular weight is 404 g/mol. The average Bonchev–Trinajstić information content (AvgIpc) is 3.10. The van der Waals surface area contributed by atoms with E-state index in [0.717, 1.165) is 17.8 Å². The second kappa shape index (κ2) is 7.94. The predicted octanol–water partition coefficient (Wildman–Crippen LogP) is 4.02. The van der Waals surface area contributed by atoms with Gasteiger partial charge in [0.1, 0.15) is 11.6 Å². The molecule has 0 spiro atoms. The Hall–Kier alpha value is -2.74. The zero-order valence-corrected chi connectivity index (χ0v) is 16.3. The molecule has 29 heavy (non-hydrogen) atoms. The lowest BCUT2D eigenvalue weighted by Gasteiger charge is -2.24. The third-order valence-electron chi connectivity index (χ3n) is 5.14. The van der Waals surface area contributed by atoms with Crippen molar-refractivity contribution in [2.75, 3.05) is 6.54 Å². The molecule has 3 rings (SSSR count). The second-order valence-electron chi connectivity index (χ2n) is 7.80. The lowest BCUT2D eigenvalue weighted by molar-refractivity contribution is -0.138. The van der Waals surface area contributed by atoms with E-state index in [1.807, 2.05) is 30.3 Å². The smallest absolute Gasteiger partial charge is 0.329 e. The van der Waals surface area contributed by atoms with Crippen molar-refractivity contribution in [2.45, 2.75) is 38.8 Å². The molecule has 8 heteroatoms. The van der Waals surface area contributed by atoms with Crippen LogP contribution in [0.15, 0.2) is 48.7 Å². The van der Waals surface area contributed by atoms with E-state index in [0.29, 0.717) is 17.9 Å². The lowest BCUT2D eigenvalue weighted by Crippen LogP contribution is -2.34. The molecule has 0 bridgehead atoms. The number of aromatic nitrogens is 3. The van der Waals surface area contributed by atoms with Crippen molar-refractivity contribution < 1.29 is 18.0 Å². The molecule has 0 amide bonds. The van der Waals surface area contributed by atoms with Crippen molar-refractivity contribution in [1.82, 2.24) is 14.6 Å². The zero-order valence-electron chi connectivity index (χ0n) is 16.3. The van der Waals surface area contributed by atoms with Gasteiger partial charge in [-0.1, -0.05) is 44.2 Å². The predicted molar refractivity (Wildman–Crippen MR) is 103 cm³/mol. The maximum atomic E-state index is 13.2. The van der Waals surface area contributed by atoms with E-state index in [1.165, 1.54) is 10.5 Å². The van der Waals surface area contributed by atoms with Crippen LogP contribution in [0.4, 0.5) is 13.2 Å². The number of benzene rings is 1. The van der Waals surface area contributed by atoms with Crippen molar-refractivity contribution in [3.8, 4) is 0 Å². The standard InChI is InChI=1S/C21H23F3N4O/c1-20(2,13-25)17(29)11-15(10-14-6-4-3-5-7-14)19-27-26-18-9-8-16(12-28(18)19)21(22,23)24/h3-9,12,15H,10-11,13,25H2,1-2H3/t15-/m0/s1. The number of ketones is 1. The van der Waals surface area contributed by atoms with E-state index in [4.69, 9.17) is 5.73 Å². The van der Waals surface area contributed by atoms with Crippen LogP contribution in [-0.4, -0.2) is 26.9 Å². The molecule has 0 unspecified atom stereocenters.